The monoisotopic (exact) mass is 742 g/mol. The van der Waals surface area contributed by atoms with E-state index in [9.17, 15) is 26.4 Å². The summed E-state index contributed by atoms with van der Waals surface area (Å²) in [5.74, 6) is 0.157. The maximum absolute atomic E-state index is 13.7. The molecule has 16 heteroatoms. The van der Waals surface area contributed by atoms with Crippen LogP contribution in [0.25, 0.3) is 0 Å². The van der Waals surface area contributed by atoms with E-state index in [4.69, 9.17) is 36.8 Å². The van der Waals surface area contributed by atoms with Crippen molar-refractivity contribution in [1.29, 1.82) is 0 Å². The first-order valence-corrected chi connectivity index (χ1v) is 18.2. The molecule has 0 amide bonds. The third-order valence-electron chi connectivity index (χ3n) is 7.42. The number of rotatable bonds is 12. The number of carbonyl (C=O) groups excluding carboxylic acids is 2. The predicted molar refractivity (Wildman–Crippen MR) is 178 cm³/mol. The predicted octanol–water partition coefficient (Wildman–Crippen LogP) is 5.32. The number of aryl methyl sites for hydroxylation is 2. The molecule has 1 fully saturated rings. The van der Waals surface area contributed by atoms with Crippen molar-refractivity contribution in [2.24, 2.45) is 0 Å². The van der Waals surface area contributed by atoms with Gasteiger partial charge in [0.1, 0.15) is 23.7 Å². The van der Waals surface area contributed by atoms with Crippen LogP contribution in [0.15, 0.2) is 119 Å². The quantitative estimate of drug-likeness (QED) is 0.104. The fourth-order valence-corrected chi connectivity index (χ4v) is 6.88. The summed E-state index contributed by atoms with van der Waals surface area (Å²) in [6.45, 7) is 2.65. The Labute approximate surface area is 295 Å². The zero-order valence-corrected chi connectivity index (χ0v) is 29.2. The summed E-state index contributed by atoms with van der Waals surface area (Å²) in [7, 11) is -7.98. The Morgan fingerprint density at radius 2 is 1.06 bits per heavy atom. The first kappa shape index (κ1) is 37.4. The second-order valence-electron chi connectivity index (χ2n) is 11.2. The summed E-state index contributed by atoms with van der Waals surface area (Å²) in [6.07, 6.45) is -11.5. The molecule has 1 saturated heterocycles. The van der Waals surface area contributed by atoms with Gasteiger partial charge in [0.25, 0.3) is 20.2 Å². The lowest BCUT2D eigenvalue weighted by Crippen LogP contribution is -2.63. The van der Waals surface area contributed by atoms with E-state index in [2.05, 4.69) is 0 Å². The Balaban J connectivity index is 1.52. The maximum Gasteiger partial charge on any atom is 0.514 e. The van der Waals surface area contributed by atoms with Gasteiger partial charge in [-0.2, -0.15) is 16.8 Å². The molecule has 270 valence electrons. The third-order valence-corrected chi connectivity index (χ3v) is 10.0. The van der Waals surface area contributed by atoms with Crippen LogP contribution in [0.3, 0.4) is 0 Å². The van der Waals surface area contributed by atoms with Crippen molar-refractivity contribution in [3.05, 3.63) is 120 Å². The van der Waals surface area contributed by atoms with Crippen LogP contribution in [-0.2, 0) is 47.5 Å². The third kappa shape index (κ3) is 9.90. The van der Waals surface area contributed by atoms with Gasteiger partial charge < -0.3 is 28.4 Å². The van der Waals surface area contributed by atoms with Crippen LogP contribution < -0.4 is 9.47 Å². The molecule has 0 aliphatic carbocycles. The lowest BCUT2D eigenvalue weighted by molar-refractivity contribution is -0.289. The Bertz CT molecular complexity index is 1990. The molecule has 0 radical (unpaired) electrons. The van der Waals surface area contributed by atoms with Gasteiger partial charge in [0.15, 0.2) is 18.5 Å². The molecule has 4 aromatic rings. The fourth-order valence-electron chi connectivity index (χ4n) is 4.85. The number of hydrogen-bond donors (Lipinski definition) is 0. The van der Waals surface area contributed by atoms with Gasteiger partial charge in [-0.3, -0.25) is 8.37 Å². The van der Waals surface area contributed by atoms with E-state index < -0.39 is 69.9 Å². The topological polar surface area (TPSA) is 176 Å². The highest BCUT2D eigenvalue weighted by Gasteiger charge is 2.54. The molecule has 51 heavy (non-hydrogen) atoms. The molecule has 1 heterocycles. The van der Waals surface area contributed by atoms with Gasteiger partial charge in [0.05, 0.1) is 16.4 Å². The van der Waals surface area contributed by atoms with Gasteiger partial charge in [-0.05, 0) is 62.4 Å². The smallest absolute Gasteiger partial charge is 0.424 e. The summed E-state index contributed by atoms with van der Waals surface area (Å²) < 4.78 is 97.7. The van der Waals surface area contributed by atoms with Crippen LogP contribution in [0.2, 0.25) is 0 Å². The number of hydrogen-bond acceptors (Lipinski definition) is 14. The van der Waals surface area contributed by atoms with Gasteiger partial charge in [-0.1, -0.05) is 71.8 Å². The highest BCUT2D eigenvalue weighted by atomic mass is 32.2. The SMILES string of the molecule is CO[C@H]1O[C@@H](COS(=O)(=O)c2ccc(C)cc2)[C@@H](OS(=O)(=O)c2ccc(C)cc2)[C@@H](OC(=O)Oc2ccccc2)[C@@H]1OC(=O)Oc1ccccc1. The number of para-hydroxylation sites is 2. The van der Waals surface area contributed by atoms with Gasteiger partial charge in [-0.15, -0.1) is 0 Å². The van der Waals surface area contributed by atoms with Crippen molar-refractivity contribution in [3.63, 3.8) is 0 Å². The van der Waals surface area contributed by atoms with Crippen molar-refractivity contribution in [1.82, 2.24) is 0 Å². The van der Waals surface area contributed by atoms with E-state index in [0.29, 0.717) is 0 Å². The number of carbonyl (C=O) groups is 2. The summed E-state index contributed by atoms with van der Waals surface area (Å²) >= 11 is 0. The van der Waals surface area contributed by atoms with Crippen molar-refractivity contribution in [2.45, 2.75) is 54.3 Å². The van der Waals surface area contributed by atoms with Crippen LogP contribution in [0.4, 0.5) is 9.59 Å². The van der Waals surface area contributed by atoms with Crippen molar-refractivity contribution >= 4 is 32.5 Å². The molecular formula is C35H34O14S2. The van der Waals surface area contributed by atoms with Gasteiger partial charge in [0.2, 0.25) is 0 Å². The molecule has 5 atom stereocenters. The molecule has 0 aromatic heterocycles. The lowest BCUT2D eigenvalue weighted by Gasteiger charge is -2.43. The molecule has 0 unspecified atom stereocenters. The summed E-state index contributed by atoms with van der Waals surface area (Å²) in [6, 6.07) is 27.0. The first-order chi connectivity index (χ1) is 24.3. The molecule has 5 rings (SSSR count). The second kappa shape index (κ2) is 16.5. The average molecular weight is 743 g/mol. The van der Waals surface area contributed by atoms with E-state index in [0.717, 1.165) is 18.2 Å². The Kier molecular flexibility index (Phi) is 12.1. The Morgan fingerprint density at radius 3 is 1.53 bits per heavy atom. The Hall–Kier alpha value is -4.84. The van der Waals surface area contributed by atoms with E-state index in [-0.39, 0.29) is 21.3 Å². The van der Waals surface area contributed by atoms with Crippen LogP contribution in [0.1, 0.15) is 11.1 Å². The molecule has 0 saturated carbocycles. The highest BCUT2D eigenvalue weighted by molar-refractivity contribution is 7.87. The molecule has 4 aromatic carbocycles. The zero-order chi connectivity index (χ0) is 36.6. The minimum absolute atomic E-state index is 0.0626. The molecule has 14 nitrogen and oxygen atoms in total. The van der Waals surface area contributed by atoms with Crippen LogP contribution in [0, 0.1) is 13.8 Å². The molecule has 0 bridgehead atoms. The van der Waals surface area contributed by atoms with E-state index in [1.54, 1.807) is 62.4 Å². The maximum atomic E-state index is 13.7. The number of methoxy groups -OCH3 is 1. The summed E-state index contributed by atoms with van der Waals surface area (Å²) in [4.78, 5) is 25.8. The fraction of sp³-hybridized carbons (Fsp3) is 0.257. The van der Waals surface area contributed by atoms with Gasteiger partial charge >= 0.3 is 12.3 Å². The largest absolute Gasteiger partial charge is 0.514 e. The number of benzene rings is 4. The molecule has 0 spiro atoms. The van der Waals surface area contributed by atoms with Gasteiger partial charge in [-0.25, -0.2) is 9.59 Å². The van der Waals surface area contributed by atoms with Gasteiger partial charge in [0, 0.05) is 7.11 Å². The first-order valence-electron chi connectivity index (χ1n) is 15.4. The minimum Gasteiger partial charge on any atom is -0.424 e. The van der Waals surface area contributed by atoms with Crippen LogP contribution in [0.5, 0.6) is 11.5 Å². The average Bonchev–Trinajstić information content (AvgIpc) is 3.10. The van der Waals surface area contributed by atoms with Crippen LogP contribution in [-0.4, -0.2) is 73.6 Å². The molecule has 1 aliphatic heterocycles. The van der Waals surface area contributed by atoms with E-state index in [1.165, 1.54) is 60.7 Å². The molecule has 0 N–H and O–H groups in total. The zero-order valence-electron chi connectivity index (χ0n) is 27.5. The summed E-state index contributed by atoms with van der Waals surface area (Å²) in [5, 5.41) is 0. The van der Waals surface area contributed by atoms with Crippen molar-refractivity contribution in [2.75, 3.05) is 13.7 Å². The van der Waals surface area contributed by atoms with Crippen LogP contribution >= 0.6 is 0 Å². The van der Waals surface area contributed by atoms with E-state index >= 15 is 0 Å². The van der Waals surface area contributed by atoms with Crippen molar-refractivity contribution < 1.29 is 63.2 Å². The normalized spacial score (nSPS) is 20.6. The lowest BCUT2D eigenvalue weighted by atomic mass is 9.99. The highest BCUT2D eigenvalue weighted by Crippen LogP contribution is 2.33. The second-order valence-corrected chi connectivity index (χ2v) is 14.3. The Morgan fingerprint density at radius 1 is 0.608 bits per heavy atom. The standard InChI is InChI=1S/C35H34O14S2/c1-23-14-18-27(19-15-23)50(38,39)43-22-29-30(49-51(40,41)28-20-16-24(2)17-21-28)31(47-34(36)44-25-10-6-4-7-11-25)32(33(42-3)46-29)48-35(37)45-26-12-8-5-9-13-26/h4-21,29-33H,22H2,1-3H3/t29-,30+,31+,32-,33-/m0/s1. The molecular weight excluding hydrogens is 709 g/mol. The summed E-state index contributed by atoms with van der Waals surface area (Å²) in [5.41, 5.74) is 1.54. The number of ether oxygens (including phenoxy) is 6. The van der Waals surface area contributed by atoms with E-state index in [1.807, 2.05) is 0 Å². The van der Waals surface area contributed by atoms with Crippen molar-refractivity contribution in [3.8, 4) is 11.5 Å². The minimum atomic E-state index is -4.70. The molecule has 1 aliphatic rings.